The van der Waals surface area contributed by atoms with E-state index in [2.05, 4.69) is 26.1 Å². The molecule has 2 N–H and O–H groups in total. The second kappa shape index (κ2) is 12.2. The zero-order valence-electron chi connectivity index (χ0n) is 24.3. The Morgan fingerprint density at radius 1 is 0.977 bits per heavy atom. The SMILES string of the molecule is CC(C)(C)c1ccc(O[C@@H](Cc2ccc(OCCNC3[C@H]4CN(S(=O)(=O)c5cc(F)cc(F)c5)C[C@@H]34)cc2)C(=O)O)cc1. The fourth-order valence-electron chi connectivity index (χ4n) is 5.52. The van der Waals surface area contributed by atoms with Crippen LogP contribution < -0.4 is 14.8 Å². The summed E-state index contributed by atoms with van der Waals surface area (Å²) in [4.78, 5) is 11.5. The van der Waals surface area contributed by atoms with Gasteiger partial charge in [0.15, 0.2) is 6.10 Å². The second-order valence-corrected chi connectivity index (χ2v) is 14.1. The molecule has 8 nitrogen and oxygen atoms in total. The van der Waals surface area contributed by atoms with E-state index in [1.165, 1.54) is 4.31 Å². The number of nitrogens with zero attached hydrogens (tertiary/aromatic N) is 1. The van der Waals surface area contributed by atoms with Gasteiger partial charge < -0.3 is 19.9 Å². The zero-order chi connectivity index (χ0) is 30.9. The van der Waals surface area contributed by atoms with E-state index >= 15 is 0 Å². The zero-order valence-corrected chi connectivity index (χ0v) is 25.1. The predicted molar refractivity (Wildman–Crippen MR) is 157 cm³/mol. The van der Waals surface area contributed by atoms with Crippen LogP contribution in [0.4, 0.5) is 8.78 Å². The first kappa shape index (κ1) is 30.9. The Bertz CT molecular complexity index is 1530. The molecule has 3 aromatic carbocycles. The highest BCUT2D eigenvalue weighted by atomic mass is 32.2. The lowest BCUT2D eigenvalue weighted by Crippen LogP contribution is -2.36. The highest BCUT2D eigenvalue weighted by Gasteiger charge is 2.57. The molecule has 3 aromatic rings. The van der Waals surface area contributed by atoms with E-state index < -0.39 is 33.7 Å². The molecule has 1 saturated heterocycles. The standard InChI is InChI=1S/C32H36F2N2O6S/c1-32(2,3)21-6-10-25(11-7-21)42-29(31(37)38)14-20-4-8-24(9-5-20)41-13-12-35-30-27-18-36(19-28(27)30)43(39,40)26-16-22(33)15-23(34)17-26/h4-11,15-17,27-30,35H,12-14,18-19H2,1-3H3,(H,37,38)/t27-,28+,29-,30?/m0/s1. The third-order valence-electron chi connectivity index (χ3n) is 8.00. The van der Waals surface area contributed by atoms with Crippen LogP contribution in [0, 0.1) is 23.5 Å². The summed E-state index contributed by atoms with van der Waals surface area (Å²) < 4.78 is 65.5. The first-order valence-electron chi connectivity index (χ1n) is 14.2. The lowest BCUT2D eigenvalue weighted by molar-refractivity contribution is -0.145. The van der Waals surface area contributed by atoms with Crippen molar-refractivity contribution in [2.75, 3.05) is 26.2 Å². The van der Waals surface area contributed by atoms with Crippen LogP contribution >= 0.6 is 0 Å². The quantitative estimate of drug-likeness (QED) is 0.287. The van der Waals surface area contributed by atoms with Crippen molar-refractivity contribution in [3.8, 4) is 11.5 Å². The third-order valence-corrected chi connectivity index (χ3v) is 9.81. The van der Waals surface area contributed by atoms with Gasteiger partial charge in [0.05, 0.1) is 4.90 Å². The molecular formula is C32H36F2N2O6S. The Morgan fingerprint density at radius 3 is 2.12 bits per heavy atom. The van der Waals surface area contributed by atoms with E-state index in [9.17, 15) is 27.1 Å². The Labute approximate surface area is 250 Å². The lowest BCUT2D eigenvalue weighted by Gasteiger charge is -2.20. The average molecular weight is 615 g/mol. The maximum absolute atomic E-state index is 13.5. The number of carboxylic acids is 1. The molecule has 1 aliphatic heterocycles. The maximum atomic E-state index is 13.5. The fraction of sp³-hybridized carbons (Fsp3) is 0.406. The van der Waals surface area contributed by atoms with E-state index in [0.717, 1.165) is 23.3 Å². The second-order valence-electron chi connectivity index (χ2n) is 12.2. The van der Waals surface area contributed by atoms with E-state index in [1.54, 1.807) is 24.3 Å². The summed E-state index contributed by atoms with van der Waals surface area (Å²) in [7, 11) is -3.95. The molecule has 0 aromatic heterocycles. The summed E-state index contributed by atoms with van der Waals surface area (Å²) in [5.74, 6) is -1.45. The molecule has 2 aliphatic rings. The maximum Gasteiger partial charge on any atom is 0.345 e. The van der Waals surface area contributed by atoms with E-state index in [1.807, 2.05) is 24.3 Å². The largest absolute Gasteiger partial charge is 0.492 e. The predicted octanol–water partition coefficient (Wildman–Crippen LogP) is 4.62. The number of rotatable bonds is 12. The smallest absolute Gasteiger partial charge is 0.345 e. The van der Waals surface area contributed by atoms with Gasteiger partial charge in [0, 0.05) is 38.2 Å². The molecule has 1 aliphatic carbocycles. The molecule has 2 fully saturated rings. The van der Waals surface area contributed by atoms with Gasteiger partial charge in [0.1, 0.15) is 29.7 Å². The number of nitrogens with one attached hydrogen (secondary N) is 1. The molecule has 0 bridgehead atoms. The van der Waals surface area contributed by atoms with E-state index in [0.29, 0.717) is 43.8 Å². The topological polar surface area (TPSA) is 105 Å². The molecule has 1 heterocycles. The van der Waals surface area contributed by atoms with Crippen LogP contribution in [0.15, 0.2) is 71.6 Å². The van der Waals surface area contributed by atoms with Gasteiger partial charge in [-0.15, -0.1) is 0 Å². The van der Waals surface area contributed by atoms with E-state index in [-0.39, 0.29) is 34.6 Å². The number of hydrogen-bond donors (Lipinski definition) is 2. The van der Waals surface area contributed by atoms with Crippen molar-refractivity contribution in [1.82, 2.24) is 9.62 Å². The molecule has 230 valence electrons. The number of ether oxygens (including phenoxy) is 2. The molecule has 11 heteroatoms. The molecule has 0 spiro atoms. The number of hydrogen-bond acceptors (Lipinski definition) is 6. The van der Waals surface area contributed by atoms with Crippen LogP contribution in [0.2, 0.25) is 0 Å². The van der Waals surface area contributed by atoms with Crippen molar-refractivity contribution in [3.63, 3.8) is 0 Å². The van der Waals surface area contributed by atoms with Gasteiger partial charge in [-0.05, 0) is 64.8 Å². The van der Waals surface area contributed by atoms with Gasteiger partial charge in [-0.2, -0.15) is 4.31 Å². The number of carboxylic acid groups (broad SMARTS) is 1. The van der Waals surface area contributed by atoms with Crippen LogP contribution in [0.5, 0.6) is 11.5 Å². The van der Waals surface area contributed by atoms with Gasteiger partial charge >= 0.3 is 5.97 Å². The summed E-state index contributed by atoms with van der Waals surface area (Å²) in [6.45, 7) is 7.88. The number of halogens is 2. The molecule has 1 unspecified atom stereocenters. The minimum absolute atomic E-state index is 0.00902. The number of aliphatic carboxylic acids is 1. The highest BCUT2D eigenvalue weighted by Crippen LogP contribution is 2.47. The number of sulfonamides is 1. The molecule has 0 radical (unpaired) electrons. The molecule has 1 saturated carbocycles. The number of fused-ring (bicyclic) bond motifs is 1. The summed E-state index contributed by atoms with van der Waals surface area (Å²) in [5, 5.41) is 13.1. The van der Waals surface area contributed by atoms with Crippen LogP contribution in [-0.2, 0) is 26.7 Å². The van der Waals surface area contributed by atoms with Crippen LogP contribution in [0.3, 0.4) is 0 Å². The third kappa shape index (κ3) is 7.34. The normalized spacial score (nSPS) is 20.8. The number of benzene rings is 3. The van der Waals surface area contributed by atoms with Crippen molar-refractivity contribution >= 4 is 16.0 Å². The monoisotopic (exact) mass is 614 g/mol. The first-order valence-corrected chi connectivity index (χ1v) is 15.7. The molecule has 5 rings (SSSR count). The fourth-order valence-corrected chi connectivity index (χ4v) is 7.08. The number of piperidine rings is 1. The minimum atomic E-state index is -3.95. The minimum Gasteiger partial charge on any atom is -0.492 e. The summed E-state index contributed by atoms with van der Waals surface area (Å²) >= 11 is 0. The Hall–Kier alpha value is -3.54. The Morgan fingerprint density at radius 2 is 1.56 bits per heavy atom. The summed E-state index contributed by atoms with van der Waals surface area (Å²) in [5.41, 5.74) is 1.93. The molecular weight excluding hydrogens is 578 g/mol. The van der Waals surface area contributed by atoms with Crippen molar-refractivity contribution in [2.45, 2.75) is 49.6 Å². The van der Waals surface area contributed by atoms with Gasteiger partial charge in [0.25, 0.3) is 0 Å². The highest BCUT2D eigenvalue weighted by molar-refractivity contribution is 7.89. The van der Waals surface area contributed by atoms with Crippen LogP contribution in [0.1, 0.15) is 31.9 Å². The van der Waals surface area contributed by atoms with Crippen LogP contribution in [0.25, 0.3) is 0 Å². The van der Waals surface area contributed by atoms with Crippen molar-refractivity contribution in [2.24, 2.45) is 11.8 Å². The molecule has 4 atom stereocenters. The average Bonchev–Trinajstić information content (AvgIpc) is 3.37. The summed E-state index contributed by atoms with van der Waals surface area (Å²) in [6.07, 6.45) is -0.834. The number of carbonyl (C=O) groups is 1. The summed E-state index contributed by atoms with van der Waals surface area (Å²) in [6, 6.07) is 17.2. The lowest BCUT2D eigenvalue weighted by atomic mass is 9.87. The Kier molecular flexibility index (Phi) is 8.78. The van der Waals surface area contributed by atoms with Crippen molar-refractivity contribution < 1.29 is 36.6 Å². The van der Waals surface area contributed by atoms with Crippen molar-refractivity contribution in [1.29, 1.82) is 0 Å². The molecule has 0 amide bonds. The van der Waals surface area contributed by atoms with Gasteiger partial charge in [0.2, 0.25) is 10.0 Å². The van der Waals surface area contributed by atoms with Gasteiger partial charge in [-0.1, -0.05) is 45.0 Å². The van der Waals surface area contributed by atoms with Gasteiger partial charge in [-0.3, -0.25) is 0 Å². The van der Waals surface area contributed by atoms with Crippen molar-refractivity contribution in [3.05, 3.63) is 89.5 Å². The molecule has 43 heavy (non-hydrogen) atoms. The van der Waals surface area contributed by atoms with Gasteiger partial charge in [-0.25, -0.2) is 22.0 Å². The van der Waals surface area contributed by atoms with Crippen LogP contribution in [-0.4, -0.2) is 62.2 Å². The first-order chi connectivity index (χ1) is 20.3. The van der Waals surface area contributed by atoms with E-state index in [4.69, 9.17) is 9.47 Å². The Balaban J connectivity index is 1.04.